The van der Waals surface area contributed by atoms with E-state index in [-0.39, 0.29) is 24.6 Å². The van der Waals surface area contributed by atoms with Crippen LogP contribution in [0.2, 0.25) is 0 Å². The van der Waals surface area contributed by atoms with Gasteiger partial charge in [-0.1, -0.05) is 30.3 Å². The smallest absolute Gasteiger partial charge is 0.358 e. The number of benzene rings is 1. The average Bonchev–Trinajstić information content (AvgIpc) is 2.76. The van der Waals surface area contributed by atoms with Crippen LogP contribution in [0.4, 0.5) is 5.82 Å². The van der Waals surface area contributed by atoms with E-state index in [2.05, 4.69) is 9.97 Å². The molecule has 0 aliphatic carbocycles. The van der Waals surface area contributed by atoms with Gasteiger partial charge in [0.05, 0.1) is 12.7 Å². The molecule has 0 amide bonds. The molecule has 154 valence electrons. The van der Waals surface area contributed by atoms with Gasteiger partial charge in [-0.3, -0.25) is 23.7 Å². The molecular formula is C20H19N5O5. The molecule has 10 nitrogen and oxygen atoms in total. The van der Waals surface area contributed by atoms with Gasteiger partial charge in [0, 0.05) is 18.9 Å². The van der Waals surface area contributed by atoms with Gasteiger partial charge in [0.15, 0.2) is 12.3 Å². The van der Waals surface area contributed by atoms with Crippen LogP contribution in [-0.4, -0.2) is 37.5 Å². The Kier molecular flexibility index (Phi) is 6.16. The minimum Gasteiger partial charge on any atom is -0.453 e. The van der Waals surface area contributed by atoms with Crippen molar-refractivity contribution in [3.63, 3.8) is 0 Å². The van der Waals surface area contributed by atoms with Gasteiger partial charge >= 0.3 is 11.7 Å². The molecule has 0 saturated heterocycles. The maximum Gasteiger partial charge on any atom is 0.358 e. The monoisotopic (exact) mass is 409 g/mol. The first kappa shape index (κ1) is 20.6. The first-order valence-electron chi connectivity index (χ1n) is 9.07. The molecule has 30 heavy (non-hydrogen) atoms. The summed E-state index contributed by atoms with van der Waals surface area (Å²) < 4.78 is 7.00. The van der Waals surface area contributed by atoms with Gasteiger partial charge in [0.1, 0.15) is 11.4 Å². The van der Waals surface area contributed by atoms with E-state index < -0.39 is 35.2 Å². The highest BCUT2D eigenvalue weighted by atomic mass is 16.5. The van der Waals surface area contributed by atoms with E-state index in [1.54, 1.807) is 31.2 Å². The predicted molar refractivity (Wildman–Crippen MR) is 107 cm³/mol. The Morgan fingerprint density at radius 3 is 2.47 bits per heavy atom. The molecule has 0 aliphatic heterocycles. The van der Waals surface area contributed by atoms with Gasteiger partial charge in [-0.05, 0) is 12.5 Å². The van der Waals surface area contributed by atoms with Gasteiger partial charge in [-0.2, -0.15) is 0 Å². The number of hydrogen-bond acceptors (Lipinski definition) is 8. The Morgan fingerprint density at radius 2 is 1.83 bits per heavy atom. The molecular weight excluding hydrogens is 390 g/mol. The second kappa shape index (κ2) is 8.95. The van der Waals surface area contributed by atoms with Crippen LogP contribution in [0.3, 0.4) is 0 Å². The number of Topliss-reactive ketones (excluding diaryl/α,β-unsaturated/α-hetero) is 1. The third kappa shape index (κ3) is 4.17. The van der Waals surface area contributed by atoms with Crippen molar-refractivity contribution in [1.29, 1.82) is 0 Å². The van der Waals surface area contributed by atoms with Crippen molar-refractivity contribution < 1.29 is 14.3 Å². The van der Waals surface area contributed by atoms with Crippen LogP contribution in [0.1, 0.15) is 33.3 Å². The standard InChI is InChI=1S/C20H19N5O5/c1-2-24-18(27)16(15(26)12-30-19(28)14-10-22-8-9-23-14)17(21)25(20(24)29)11-13-6-4-3-5-7-13/h3-10H,2,11-12,21H2,1H3. The van der Waals surface area contributed by atoms with E-state index in [0.717, 1.165) is 14.7 Å². The topological polar surface area (TPSA) is 139 Å². The lowest BCUT2D eigenvalue weighted by molar-refractivity contribution is 0.0468. The zero-order chi connectivity index (χ0) is 21.7. The Bertz CT molecular complexity index is 1190. The summed E-state index contributed by atoms with van der Waals surface area (Å²) in [7, 11) is 0. The predicted octanol–water partition coefficient (Wildman–Crippen LogP) is 0.490. The number of ketones is 1. The molecule has 0 bridgehead atoms. The largest absolute Gasteiger partial charge is 0.453 e. The Balaban J connectivity index is 1.94. The van der Waals surface area contributed by atoms with Crippen LogP contribution in [0.5, 0.6) is 0 Å². The molecule has 0 fully saturated rings. The van der Waals surface area contributed by atoms with Crippen molar-refractivity contribution in [3.8, 4) is 0 Å². The van der Waals surface area contributed by atoms with Crippen molar-refractivity contribution in [2.45, 2.75) is 20.0 Å². The van der Waals surface area contributed by atoms with Crippen molar-refractivity contribution in [2.24, 2.45) is 0 Å². The molecule has 3 rings (SSSR count). The molecule has 10 heteroatoms. The van der Waals surface area contributed by atoms with Crippen LogP contribution in [0, 0.1) is 0 Å². The van der Waals surface area contributed by atoms with Crippen LogP contribution >= 0.6 is 0 Å². The molecule has 0 radical (unpaired) electrons. The summed E-state index contributed by atoms with van der Waals surface area (Å²) in [6.45, 7) is 0.994. The maximum atomic E-state index is 12.7. The van der Waals surface area contributed by atoms with Crippen LogP contribution < -0.4 is 17.0 Å². The quantitative estimate of drug-likeness (QED) is 0.439. The molecule has 0 atom stereocenters. The van der Waals surface area contributed by atoms with Crippen molar-refractivity contribution >= 4 is 17.6 Å². The third-order valence-corrected chi connectivity index (χ3v) is 4.35. The number of nitrogen functional groups attached to an aromatic ring is 1. The lowest BCUT2D eigenvalue weighted by atomic mass is 10.2. The van der Waals surface area contributed by atoms with E-state index in [9.17, 15) is 19.2 Å². The summed E-state index contributed by atoms with van der Waals surface area (Å²) >= 11 is 0. The Hall–Kier alpha value is -4.08. The molecule has 0 spiro atoms. The average molecular weight is 409 g/mol. The van der Waals surface area contributed by atoms with E-state index in [4.69, 9.17) is 10.5 Å². The fraction of sp³-hybridized carbons (Fsp3) is 0.200. The summed E-state index contributed by atoms with van der Waals surface area (Å²) in [4.78, 5) is 57.6. The molecule has 3 aromatic rings. The number of rotatable bonds is 7. The molecule has 0 unspecified atom stereocenters. The summed E-state index contributed by atoms with van der Waals surface area (Å²) in [6, 6.07) is 8.99. The number of ether oxygens (including phenoxy) is 1. The Labute approximate surface area is 170 Å². The number of nitrogens with zero attached hydrogens (tertiary/aromatic N) is 4. The van der Waals surface area contributed by atoms with Gasteiger partial charge in [0.25, 0.3) is 5.56 Å². The fourth-order valence-electron chi connectivity index (χ4n) is 2.86. The van der Waals surface area contributed by atoms with Crippen LogP contribution in [0.25, 0.3) is 0 Å². The van der Waals surface area contributed by atoms with E-state index in [1.807, 2.05) is 6.07 Å². The highest BCUT2D eigenvalue weighted by Gasteiger charge is 2.24. The Morgan fingerprint density at radius 1 is 1.10 bits per heavy atom. The number of anilines is 1. The number of carbonyl (C=O) groups is 2. The molecule has 2 aromatic heterocycles. The highest BCUT2D eigenvalue weighted by Crippen LogP contribution is 2.10. The second-order valence-corrected chi connectivity index (χ2v) is 6.25. The summed E-state index contributed by atoms with van der Waals surface area (Å²) in [6.07, 6.45) is 3.87. The minimum atomic E-state index is -0.872. The number of esters is 1. The van der Waals surface area contributed by atoms with Crippen LogP contribution in [-0.2, 0) is 17.8 Å². The SMILES string of the molecule is CCn1c(=O)c(C(=O)COC(=O)c2cnccn2)c(N)n(Cc2ccccc2)c1=O. The minimum absolute atomic E-state index is 0.0480. The summed E-state index contributed by atoms with van der Waals surface area (Å²) in [5, 5.41) is 0. The fourth-order valence-corrected chi connectivity index (χ4v) is 2.86. The van der Waals surface area contributed by atoms with Crippen LogP contribution in [0.15, 0.2) is 58.5 Å². The first-order chi connectivity index (χ1) is 14.4. The number of hydrogen-bond donors (Lipinski definition) is 1. The lowest BCUT2D eigenvalue weighted by Gasteiger charge is -2.15. The van der Waals surface area contributed by atoms with E-state index >= 15 is 0 Å². The maximum absolute atomic E-state index is 12.7. The molecule has 2 N–H and O–H groups in total. The van der Waals surface area contributed by atoms with E-state index in [0.29, 0.717) is 0 Å². The third-order valence-electron chi connectivity index (χ3n) is 4.35. The molecule has 0 aliphatic rings. The highest BCUT2D eigenvalue weighted by molar-refractivity contribution is 6.02. The van der Waals surface area contributed by atoms with E-state index in [1.165, 1.54) is 18.6 Å². The number of nitrogens with two attached hydrogens (primary N) is 1. The first-order valence-corrected chi connectivity index (χ1v) is 9.07. The zero-order valence-electron chi connectivity index (χ0n) is 16.1. The summed E-state index contributed by atoms with van der Waals surface area (Å²) in [5.74, 6) is -1.97. The van der Waals surface area contributed by atoms with Gasteiger partial charge in [-0.25, -0.2) is 14.6 Å². The molecule has 1 aromatic carbocycles. The zero-order valence-corrected chi connectivity index (χ0v) is 16.1. The summed E-state index contributed by atoms with van der Waals surface area (Å²) in [5.41, 5.74) is 4.86. The van der Waals surface area contributed by atoms with Crippen molar-refractivity contribution in [3.05, 3.63) is 86.6 Å². The number of aromatic nitrogens is 4. The van der Waals surface area contributed by atoms with Gasteiger partial charge in [0.2, 0.25) is 5.78 Å². The number of carbonyl (C=O) groups excluding carboxylic acids is 2. The lowest BCUT2D eigenvalue weighted by Crippen LogP contribution is -2.44. The van der Waals surface area contributed by atoms with Crippen molar-refractivity contribution in [1.82, 2.24) is 19.1 Å². The second-order valence-electron chi connectivity index (χ2n) is 6.25. The van der Waals surface area contributed by atoms with Crippen molar-refractivity contribution in [2.75, 3.05) is 12.3 Å². The van der Waals surface area contributed by atoms with Gasteiger partial charge in [-0.15, -0.1) is 0 Å². The molecule has 0 saturated carbocycles. The normalized spacial score (nSPS) is 10.6. The van der Waals surface area contributed by atoms with Gasteiger partial charge < -0.3 is 10.5 Å². The molecule has 2 heterocycles.